The molecule has 1 saturated carbocycles. The summed E-state index contributed by atoms with van der Waals surface area (Å²) in [6.07, 6.45) is 7.54. The van der Waals surface area contributed by atoms with Gasteiger partial charge in [0.2, 0.25) is 11.8 Å². The van der Waals surface area contributed by atoms with Crippen molar-refractivity contribution in [3.8, 4) is 6.07 Å². The fraction of sp³-hybridized carbons (Fsp3) is 0.812. The highest BCUT2D eigenvalue weighted by Gasteiger charge is 2.26. The lowest BCUT2D eigenvalue weighted by atomic mass is 9.95. The molecule has 0 aromatic heterocycles. The molecule has 0 atom stereocenters. The quantitative estimate of drug-likeness (QED) is 0.840. The van der Waals surface area contributed by atoms with Crippen LogP contribution in [0.4, 0.5) is 0 Å². The molecule has 0 aromatic rings. The van der Waals surface area contributed by atoms with Crippen LogP contribution >= 0.6 is 0 Å². The second kappa shape index (κ2) is 8.02. The van der Waals surface area contributed by atoms with Gasteiger partial charge < -0.3 is 10.2 Å². The van der Waals surface area contributed by atoms with Gasteiger partial charge in [0.25, 0.3) is 0 Å². The first-order valence-electron chi connectivity index (χ1n) is 8.10. The number of nitriles is 1. The lowest BCUT2D eigenvalue weighted by molar-refractivity contribution is -0.133. The van der Waals surface area contributed by atoms with Crippen molar-refractivity contribution in [2.45, 2.75) is 51.4 Å². The van der Waals surface area contributed by atoms with E-state index in [0.717, 1.165) is 32.4 Å². The van der Waals surface area contributed by atoms with Gasteiger partial charge in [0, 0.05) is 26.1 Å². The van der Waals surface area contributed by atoms with Crippen LogP contribution in [-0.2, 0) is 9.59 Å². The molecule has 2 fully saturated rings. The van der Waals surface area contributed by atoms with E-state index in [-0.39, 0.29) is 12.3 Å². The van der Waals surface area contributed by atoms with Crippen LogP contribution < -0.4 is 5.32 Å². The summed E-state index contributed by atoms with van der Waals surface area (Å²) in [7, 11) is 0. The van der Waals surface area contributed by atoms with E-state index in [1.54, 1.807) is 0 Å². The number of nitrogens with one attached hydrogen (secondary N) is 1. The monoisotopic (exact) mass is 291 g/mol. The first-order chi connectivity index (χ1) is 10.2. The zero-order valence-electron chi connectivity index (χ0n) is 12.6. The number of carbonyl (C=O) groups excluding carboxylic acids is 2. The van der Waals surface area contributed by atoms with E-state index >= 15 is 0 Å². The normalized spacial score (nSPS) is 20.2. The highest BCUT2D eigenvalue weighted by Crippen LogP contribution is 2.28. The summed E-state index contributed by atoms with van der Waals surface area (Å²) in [5.41, 5.74) is 0. The maximum atomic E-state index is 12.2. The minimum Gasteiger partial charge on any atom is -0.355 e. The SMILES string of the molecule is N#CCC(=O)NCC1CCN(C(=O)CC2CCCC2)CC1. The van der Waals surface area contributed by atoms with E-state index in [9.17, 15) is 9.59 Å². The van der Waals surface area contributed by atoms with Crippen LogP contribution in [0.25, 0.3) is 0 Å². The number of carbonyl (C=O) groups is 2. The molecular formula is C16H25N3O2. The molecule has 5 heteroatoms. The summed E-state index contributed by atoms with van der Waals surface area (Å²) in [5.74, 6) is 1.16. The Balaban J connectivity index is 1.64. The topological polar surface area (TPSA) is 73.2 Å². The molecular weight excluding hydrogens is 266 g/mol. The van der Waals surface area contributed by atoms with Gasteiger partial charge in [-0.25, -0.2) is 0 Å². The van der Waals surface area contributed by atoms with Gasteiger partial charge in [0.15, 0.2) is 0 Å². The van der Waals surface area contributed by atoms with Gasteiger partial charge in [0.1, 0.15) is 6.42 Å². The van der Waals surface area contributed by atoms with Gasteiger partial charge in [-0.2, -0.15) is 5.26 Å². The Labute approximate surface area is 126 Å². The smallest absolute Gasteiger partial charge is 0.234 e. The Morgan fingerprint density at radius 3 is 2.38 bits per heavy atom. The predicted molar refractivity (Wildman–Crippen MR) is 79.1 cm³/mol. The van der Waals surface area contributed by atoms with E-state index < -0.39 is 0 Å². The summed E-state index contributed by atoms with van der Waals surface area (Å²) < 4.78 is 0. The number of hydrogen-bond acceptors (Lipinski definition) is 3. The largest absolute Gasteiger partial charge is 0.355 e. The standard InChI is InChI=1S/C16H25N3O2/c17-8-5-15(20)18-12-14-6-9-19(10-7-14)16(21)11-13-3-1-2-4-13/h13-14H,1-7,9-12H2,(H,18,20). The van der Waals surface area contributed by atoms with Crippen molar-refractivity contribution in [1.82, 2.24) is 10.2 Å². The van der Waals surface area contributed by atoms with Crippen LogP contribution in [0.5, 0.6) is 0 Å². The van der Waals surface area contributed by atoms with Crippen molar-refractivity contribution in [3.05, 3.63) is 0 Å². The second-order valence-corrected chi connectivity index (χ2v) is 6.32. The molecule has 2 amide bonds. The van der Waals surface area contributed by atoms with Gasteiger partial charge >= 0.3 is 0 Å². The van der Waals surface area contributed by atoms with Gasteiger partial charge in [-0.15, -0.1) is 0 Å². The molecule has 2 aliphatic rings. The van der Waals surface area contributed by atoms with Crippen LogP contribution in [-0.4, -0.2) is 36.3 Å². The number of piperidine rings is 1. The molecule has 1 saturated heterocycles. The van der Waals surface area contributed by atoms with Crippen molar-refractivity contribution >= 4 is 11.8 Å². The summed E-state index contributed by atoms with van der Waals surface area (Å²) in [5, 5.41) is 11.2. The summed E-state index contributed by atoms with van der Waals surface area (Å²) in [6, 6.07) is 1.85. The number of hydrogen-bond donors (Lipinski definition) is 1. The van der Waals surface area contributed by atoms with E-state index in [0.29, 0.717) is 24.3 Å². The zero-order valence-corrected chi connectivity index (χ0v) is 12.6. The maximum absolute atomic E-state index is 12.2. The zero-order chi connectivity index (χ0) is 15.1. The van der Waals surface area contributed by atoms with Crippen LogP contribution in [0.2, 0.25) is 0 Å². The summed E-state index contributed by atoms with van der Waals surface area (Å²) in [4.78, 5) is 25.5. The predicted octanol–water partition coefficient (Wildman–Crippen LogP) is 1.84. The molecule has 1 aliphatic heterocycles. The third kappa shape index (κ3) is 5.04. The van der Waals surface area contributed by atoms with Crippen LogP contribution in [0, 0.1) is 23.2 Å². The molecule has 5 nitrogen and oxygen atoms in total. The Bertz CT molecular complexity index is 402. The minimum atomic E-state index is -0.197. The third-order valence-corrected chi connectivity index (χ3v) is 4.73. The fourth-order valence-corrected chi connectivity index (χ4v) is 3.37. The molecule has 0 unspecified atom stereocenters. The minimum absolute atomic E-state index is 0.0707. The Morgan fingerprint density at radius 2 is 1.76 bits per heavy atom. The Hall–Kier alpha value is -1.57. The Morgan fingerprint density at radius 1 is 1.10 bits per heavy atom. The highest BCUT2D eigenvalue weighted by molar-refractivity contribution is 5.78. The first kappa shape index (κ1) is 15.8. The number of nitrogens with zero attached hydrogens (tertiary/aromatic N) is 2. The molecule has 1 heterocycles. The first-order valence-corrected chi connectivity index (χ1v) is 8.10. The van der Waals surface area contributed by atoms with Crippen molar-refractivity contribution in [2.75, 3.05) is 19.6 Å². The lowest BCUT2D eigenvalue weighted by Gasteiger charge is -2.32. The third-order valence-electron chi connectivity index (χ3n) is 4.73. The summed E-state index contributed by atoms with van der Waals surface area (Å²) in [6.45, 7) is 2.25. The Kier molecular flexibility index (Phi) is 6.04. The van der Waals surface area contributed by atoms with Gasteiger partial charge in [-0.05, 0) is 37.5 Å². The van der Waals surface area contributed by atoms with Crippen molar-refractivity contribution < 1.29 is 9.59 Å². The van der Waals surface area contributed by atoms with Gasteiger partial charge in [-0.1, -0.05) is 12.8 Å². The molecule has 21 heavy (non-hydrogen) atoms. The van der Waals surface area contributed by atoms with E-state index in [2.05, 4.69) is 5.32 Å². The average Bonchev–Trinajstić information content (AvgIpc) is 2.99. The highest BCUT2D eigenvalue weighted by atomic mass is 16.2. The molecule has 1 N–H and O–H groups in total. The number of likely N-dealkylation sites (tertiary alicyclic amines) is 1. The van der Waals surface area contributed by atoms with Crippen molar-refractivity contribution in [2.24, 2.45) is 11.8 Å². The molecule has 1 aliphatic carbocycles. The molecule has 0 aromatic carbocycles. The molecule has 0 bridgehead atoms. The number of amides is 2. The lowest BCUT2D eigenvalue weighted by Crippen LogP contribution is -2.41. The van der Waals surface area contributed by atoms with Crippen molar-refractivity contribution in [3.63, 3.8) is 0 Å². The van der Waals surface area contributed by atoms with Crippen LogP contribution in [0.15, 0.2) is 0 Å². The number of rotatable bonds is 5. The van der Waals surface area contributed by atoms with E-state index in [1.165, 1.54) is 25.7 Å². The molecule has 0 radical (unpaired) electrons. The van der Waals surface area contributed by atoms with E-state index in [4.69, 9.17) is 5.26 Å². The van der Waals surface area contributed by atoms with Crippen molar-refractivity contribution in [1.29, 1.82) is 5.26 Å². The average molecular weight is 291 g/mol. The van der Waals surface area contributed by atoms with Gasteiger partial charge in [-0.3, -0.25) is 9.59 Å². The molecule has 0 spiro atoms. The second-order valence-electron chi connectivity index (χ2n) is 6.32. The fourth-order valence-electron chi connectivity index (χ4n) is 3.37. The van der Waals surface area contributed by atoms with Crippen LogP contribution in [0.3, 0.4) is 0 Å². The molecule has 2 rings (SSSR count). The van der Waals surface area contributed by atoms with Gasteiger partial charge in [0.05, 0.1) is 6.07 Å². The maximum Gasteiger partial charge on any atom is 0.234 e. The molecule has 116 valence electrons. The van der Waals surface area contributed by atoms with Crippen LogP contribution in [0.1, 0.15) is 51.4 Å². The van der Waals surface area contributed by atoms with E-state index in [1.807, 2.05) is 11.0 Å². The summed E-state index contributed by atoms with van der Waals surface area (Å²) >= 11 is 0.